The van der Waals surface area contributed by atoms with E-state index in [1.54, 1.807) is 6.92 Å². The first-order chi connectivity index (χ1) is 9.08. The van der Waals surface area contributed by atoms with Crippen LogP contribution in [-0.2, 0) is 15.1 Å². The molecule has 0 bridgehead atoms. The van der Waals surface area contributed by atoms with Crippen LogP contribution in [0.5, 0.6) is 0 Å². The molecule has 0 saturated carbocycles. The van der Waals surface area contributed by atoms with Gasteiger partial charge in [-0.3, -0.25) is 9.69 Å². The van der Waals surface area contributed by atoms with Gasteiger partial charge in [-0.1, -0.05) is 6.07 Å². The zero-order valence-corrected chi connectivity index (χ0v) is 11.9. The molecule has 5 nitrogen and oxygen atoms in total. The number of nitrogens with one attached hydrogen (secondary N) is 1. The number of morpholine rings is 1. The van der Waals surface area contributed by atoms with Crippen LogP contribution in [0.3, 0.4) is 0 Å². The van der Waals surface area contributed by atoms with Gasteiger partial charge in [-0.15, -0.1) is 11.3 Å². The Labute approximate surface area is 117 Å². The van der Waals surface area contributed by atoms with Crippen LogP contribution in [0.1, 0.15) is 11.8 Å². The maximum Gasteiger partial charge on any atom is 0.234 e. The number of amides is 1. The highest BCUT2D eigenvalue weighted by Crippen LogP contribution is 2.24. The lowest BCUT2D eigenvalue weighted by Crippen LogP contribution is -2.46. The molecule has 1 fully saturated rings. The van der Waals surface area contributed by atoms with E-state index in [0.29, 0.717) is 19.8 Å². The average Bonchev–Trinajstić information content (AvgIpc) is 2.92. The average molecular weight is 284 g/mol. The fourth-order valence-electron chi connectivity index (χ4n) is 1.96. The number of thiophene rings is 1. The molecule has 1 amide bonds. The van der Waals surface area contributed by atoms with Crippen LogP contribution in [0.2, 0.25) is 0 Å². The van der Waals surface area contributed by atoms with Gasteiger partial charge in [-0.2, -0.15) is 0 Å². The summed E-state index contributed by atoms with van der Waals surface area (Å²) in [5.41, 5.74) is -1.01. The molecule has 106 valence electrons. The number of ether oxygens (including phenoxy) is 1. The summed E-state index contributed by atoms with van der Waals surface area (Å²) in [5, 5.41) is 15.0. The predicted octanol–water partition coefficient (Wildman–Crippen LogP) is 0.404. The van der Waals surface area contributed by atoms with Crippen molar-refractivity contribution in [1.82, 2.24) is 10.2 Å². The minimum absolute atomic E-state index is 0.0567. The van der Waals surface area contributed by atoms with Gasteiger partial charge in [0.1, 0.15) is 5.60 Å². The van der Waals surface area contributed by atoms with Gasteiger partial charge in [0, 0.05) is 18.0 Å². The van der Waals surface area contributed by atoms with E-state index in [9.17, 15) is 9.90 Å². The Morgan fingerprint density at radius 1 is 1.58 bits per heavy atom. The first-order valence-corrected chi connectivity index (χ1v) is 7.29. The number of hydrogen-bond donors (Lipinski definition) is 2. The van der Waals surface area contributed by atoms with E-state index in [1.807, 2.05) is 17.5 Å². The highest BCUT2D eigenvalue weighted by Gasteiger charge is 2.25. The normalized spacial score (nSPS) is 19.9. The number of rotatable bonds is 5. The molecule has 1 atom stereocenters. The van der Waals surface area contributed by atoms with Crippen LogP contribution in [0, 0.1) is 0 Å². The minimum atomic E-state index is -1.01. The fraction of sp³-hybridized carbons (Fsp3) is 0.615. The summed E-state index contributed by atoms with van der Waals surface area (Å²) in [6, 6.07) is 3.77. The number of nitrogens with zero attached hydrogens (tertiary/aromatic N) is 1. The molecule has 0 aromatic carbocycles. The lowest BCUT2D eigenvalue weighted by Gasteiger charge is -2.27. The van der Waals surface area contributed by atoms with Crippen LogP contribution in [-0.4, -0.2) is 55.3 Å². The summed E-state index contributed by atoms with van der Waals surface area (Å²) in [7, 11) is 0. The van der Waals surface area contributed by atoms with Crippen LogP contribution in [0.25, 0.3) is 0 Å². The number of hydrogen-bond acceptors (Lipinski definition) is 5. The second kappa shape index (κ2) is 6.47. The molecule has 2 heterocycles. The molecule has 1 aliphatic heterocycles. The second-order valence-corrected chi connectivity index (χ2v) is 5.86. The van der Waals surface area contributed by atoms with E-state index in [1.165, 1.54) is 11.3 Å². The molecule has 1 saturated heterocycles. The lowest BCUT2D eigenvalue weighted by molar-refractivity contribution is -0.124. The van der Waals surface area contributed by atoms with Crippen molar-refractivity contribution in [2.24, 2.45) is 0 Å². The van der Waals surface area contributed by atoms with Crippen molar-refractivity contribution in [2.45, 2.75) is 12.5 Å². The van der Waals surface area contributed by atoms with E-state index in [0.717, 1.165) is 18.0 Å². The Kier molecular flexibility index (Phi) is 4.93. The predicted molar refractivity (Wildman–Crippen MR) is 74.2 cm³/mol. The molecule has 6 heteroatoms. The second-order valence-electron chi connectivity index (χ2n) is 4.92. The molecular formula is C13H20N2O3S. The third-order valence-corrected chi connectivity index (χ3v) is 4.28. The van der Waals surface area contributed by atoms with Crippen molar-refractivity contribution >= 4 is 17.2 Å². The molecule has 0 spiro atoms. The van der Waals surface area contributed by atoms with Gasteiger partial charge in [0.15, 0.2) is 0 Å². The summed E-state index contributed by atoms with van der Waals surface area (Å²) in [5.74, 6) is -0.0567. The van der Waals surface area contributed by atoms with Crippen molar-refractivity contribution in [2.75, 3.05) is 39.4 Å². The van der Waals surface area contributed by atoms with Gasteiger partial charge >= 0.3 is 0 Å². The molecule has 0 aliphatic carbocycles. The lowest BCUT2D eigenvalue weighted by atomic mass is 10.1. The van der Waals surface area contributed by atoms with Crippen LogP contribution in [0.15, 0.2) is 17.5 Å². The van der Waals surface area contributed by atoms with Crippen LogP contribution < -0.4 is 5.32 Å². The van der Waals surface area contributed by atoms with Gasteiger partial charge in [-0.25, -0.2) is 0 Å². The molecule has 2 N–H and O–H groups in total. The van der Waals surface area contributed by atoms with E-state index in [2.05, 4.69) is 10.2 Å². The summed E-state index contributed by atoms with van der Waals surface area (Å²) in [4.78, 5) is 14.7. The first-order valence-electron chi connectivity index (χ1n) is 6.41. The van der Waals surface area contributed by atoms with E-state index >= 15 is 0 Å². The molecule has 1 aliphatic rings. The molecular weight excluding hydrogens is 264 g/mol. The summed E-state index contributed by atoms with van der Waals surface area (Å²) >= 11 is 1.49. The quantitative estimate of drug-likeness (QED) is 0.822. The van der Waals surface area contributed by atoms with Gasteiger partial charge < -0.3 is 15.2 Å². The monoisotopic (exact) mass is 284 g/mol. The number of aliphatic hydroxyl groups is 1. The molecule has 19 heavy (non-hydrogen) atoms. The van der Waals surface area contributed by atoms with Crippen molar-refractivity contribution in [3.05, 3.63) is 22.4 Å². The summed E-state index contributed by atoms with van der Waals surface area (Å²) in [6.45, 7) is 5.25. The third-order valence-electron chi connectivity index (χ3n) is 3.15. The Balaban J connectivity index is 1.76. The Morgan fingerprint density at radius 3 is 2.95 bits per heavy atom. The topological polar surface area (TPSA) is 61.8 Å². The van der Waals surface area contributed by atoms with Crippen LogP contribution >= 0.6 is 11.3 Å². The van der Waals surface area contributed by atoms with Crippen molar-refractivity contribution in [3.8, 4) is 0 Å². The highest BCUT2D eigenvalue weighted by atomic mass is 32.1. The Morgan fingerprint density at radius 2 is 2.32 bits per heavy atom. The minimum Gasteiger partial charge on any atom is -0.383 e. The van der Waals surface area contributed by atoms with Crippen LogP contribution in [0.4, 0.5) is 0 Å². The van der Waals surface area contributed by atoms with E-state index in [4.69, 9.17) is 4.74 Å². The van der Waals surface area contributed by atoms with Crippen molar-refractivity contribution in [1.29, 1.82) is 0 Å². The summed E-state index contributed by atoms with van der Waals surface area (Å²) < 4.78 is 5.23. The largest absolute Gasteiger partial charge is 0.383 e. The Hall–Kier alpha value is -0.950. The standard InChI is InChI=1S/C13H20N2O3S/c1-13(17,11-3-2-8-19-11)10-14-12(16)9-15-4-6-18-7-5-15/h2-3,8,17H,4-7,9-10H2,1H3,(H,14,16). The van der Waals surface area contributed by atoms with Gasteiger partial charge in [0.2, 0.25) is 5.91 Å². The summed E-state index contributed by atoms with van der Waals surface area (Å²) in [6.07, 6.45) is 0. The SMILES string of the molecule is CC(O)(CNC(=O)CN1CCOCC1)c1cccs1. The third kappa shape index (κ3) is 4.28. The molecule has 1 aromatic rings. The highest BCUT2D eigenvalue weighted by molar-refractivity contribution is 7.10. The Bertz CT molecular complexity index is 400. The van der Waals surface area contributed by atoms with E-state index in [-0.39, 0.29) is 12.5 Å². The molecule has 1 unspecified atom stereocenters. The smallest absolute Gasteiger partial charge is 0.234 e. The molecule has 0 radical (unpaired) electrons. The van der Waals surface area contributed by atoms with Crippen molar-refractivity contribution in [3.63, 3.8) is 0 Å². The zero-order chi connectivity index (χ0) is 13.7. The maximum atomic E-state index is 11.8. The number of carbonyl (C=O) groups is 1. The zero-order valence-electron chi connectivity index (χ0n) is 11.1. The first kappa shape index (κ1) is 14.5. The van der Waals surface area contributed by atoms with Gasteiger partial charge in [0.25, 0.3) is 0 Å². The van der Waals surface area contributed by atoms with Gasteiger partial charge in [0.05, 0.1) is 26.3 Å². The number of carbonyl (C=O) groups excluding carboxylic acids is 1. The van der Waals surface area contributed by atoms with Crippen molar-refractivity contribution < 1.29 is 14.6 Å². The maximum absolute atomic E-state index is 11.8. The molecule has 1 aromatic heterocycles. The fourth-order valence-corrected chi connectivity index (χ4v) is 2.75. The van der Waals surface area contributed by atoms with Gasteiger partial charge in [-0.05, 0) is 18.4 Å². The van der Waals surface area contributed by atoms with E-state index < -0.39 is 5.60 Å². The molecule has 2 rings (SSSR count).